The molecule has 2 aliphatic rings. The van der Waals surface area contributed by atoms with Crippen LogP contribution in [0.3, 0.4) is 0 Å². The maximum absolute atomic E-state index is 12.4. The summed E-state index contributed by atoms with van der Waals surface area (Å²) in [5.74, 6) is 0.958. The Bertz CT molecular complexity index is 864. The lowest BCUT2D eigenvalue weighted by molar-refractivity contribution is 0.0951. The standard InChI is InChI=1S/C22H27N3O3/c1-15-3-4-16(22(26)24-19-5-6-19)12-20(15)17-11-18-14-28-10-8-25(7-9-27-2)21(18)23-13-17/h3-4,11-13,19H,5-10,14H2,1-2H3,(H,24,26). The van der Waals surface area contributed by atoms with Crippen molar-refractivity contribution in [3.8, 4) is 11.1 Å². The zero-order valence-corrected chi connectivity index (χ0v) is 16.5. The number of hydrogen-bond donors (Lipinski definition) is 1. The summed E-state index contributed by atoms with van der Waals surface area (Å²) in [6.07, 6.45) is 4.06. The molecule has 28 heavy (non-hydrogen) atoms. The number of hydrogen-bond acceptors (Lipinski definition) is 5. The number of benzene rings is 1. The molecule has 1 fully saturated rings. The number of aromatic nitrogens is 1. The van der Waals surface area contributed by atoms with Gasteiger partial charge in [-0.3, -0.25) is 4.79 Å². The number of anilines is 1. The molecule has 0 unspecified atom stereocenters. The summed E-state index contributed by atoms with van der Waals surface area (Å²) in [4.78, 5) is 19.4. The fourth-order valence-electron chi connectivity index (χ4n) is 3.49. The van der Waals surface area contributed by atoms with Crippen LogP contribution in [-0.4, -0.2) is 50.3 Å². The number of pyridine rings is 1. The molecule has 1 aliphatic heterocycles. The van der Waals surface area contributed by atoms with E-state index < -0.39 is 0 Å². The van der Waals surface area contributed by atoms with E-state index in [2.05, 4.69) is 23.2 Å². The van der Waals surface area contributed by atoms with E-state index in [4.69, 9.17) is 14.5 Å². The fraction of sp³-hybridized carbons (Fsp3) is 0.455. The Labute approximate surface area is 165 Å². The summed E-state index contributed by atoms with van der Waals surface area (Å²) in [5, 5.41) is 3.06. The summed E-state index contributed by atoms with van der Waals surface area (Å²) in [7, 11) is 1.71. The van der Waals surface area contributed by atoms with E-state index in [-0.39, 0.29) is 5.91 Å². The molecule has 1 amide bonds. The number of nitrogens with one attached hydrogen (secondary N) is 1. The molecule has 2 aromatic rings. The molecule has 0 bridgehead atoms. The Hall–Kier alpha value is -2.44. The molecule has 1 N–H and O–H groups in total. The molecule has 4 rings (SSSR count). The highest BCUT2D eigenvalue weighted by molar-refractivity contribution is 5.96. The van der Waals surface area contributed by atoms with Crippen molar-refractivity contribution < 1.29 is 14.3 Å². The highest BCUT2D eigenvalue weighted by Crippen LogP contribution is 2.30. The van der Waals surface area contributed by atoms with Crippen LogP contribution in [0.1, 0.15) is 34.3 Å². The highest BCUT2D eigenvalue weighted by atomic mass is 16.5. The SMILES string of the molecule is COCCN1CCOCc2cc(-c3cc(C(=O)NC4CC4)ccc3C)cnc21. The van der Waals surface area contributed by atoms with Gasteiger partial charge in [-0.1, -0.05) is 6.07 Å². The van der Waals surface area contributed by atoms with E-state index in [9.17, 15) is 4.79 Å². The van der Waals surface area contributed by atoms with E-state index in [1.54, 1.807) is 7.11 Å². The molecule has 1 aromatic carbocycles. The van der Waals surface area contributed by atoms with Crippen LogP contribution in [0.25, 0.3) is 11.1 Å². The first kappa shape index (κ1) is 18.9. The van der Waals surface area contributed by atoms with Crippen LogP contribution >= 0.6 is 0 Å². The smallest absolute Gasteiger partial charge is 0.251 e. The van der Waals surface area contributed by atoms with Crippen molar-refractivity contribution >= 4 is 11.7 Å². The average Bonchev–Trinajstić information content (AvgIpc) is 3.53. The van der Waals surface area contributed by atoms with Gasteiger partial charge in [0.2, 0.25) is 0 Å². The summed E-state index contributed by atoms with van der Waals surface area (Å²) in [5.41, 5.74) is 4.93. The van der Waals surface area contributed by atoms with Crippen LogP contribution in [0.5, 0.6) is 0 Å². The van der Waals surface area contributed by atoms with E-state index in [0.29, 0.717) is 31.4 Å². The van der Waals surface area contributed by atoms with Gasteiger partial charge in [0.15, 0.2) is 0 Å². The minimum Gasteiger partial charge on any atom is -0.383 e. The molecule has 1 saturated carbocycles. The molecule has 6 heteroatoms. The number of carbonyl (C=O) groups is 1. The van der Waals surface area contributed by atoms with Gasteiger partial charge in [-0.05, 0) is 49.1 Å². The van der Waals surface area contributed by atoms with E-state index in [1.807, 2.05) is 24.4 Å². The number of carbonyl (C=O) groups excluding carboxylic acids is 1. The van der Waals surface area contributed by atoms with Crippen molar-refractivity contribution in [3.63, 3.8) is 0 Å². The van der Waals surface area contributed by atoms with Crippen molar-refractivity contribution in [2.75, 3.05) is 38.3 Å². The molecule has 0 radical (unpaired) electrons. The Morgan fingerprint density at radius 2 is 2.21 bits per heavy atom. The largest absolute Gasteiger partial charge is 0.383 e. The van der Waals surface area contributed by atoms with Crippen LogP contribution in [-0.2, 0) is 16.1 Å². The van der Waals surface area contributed by atoms with Gasteiger partial charge in [-0.25, -0.2) is 4.98 Å². The van der Waals surface area contributed by atoms with Crippen molar-refractivity contribution in [2.45, 2.75) is 32.4 Å². The van der Waals surface area contributed by atoms with E-state index in [0.717, 1.165) is 54.0 Å². The summed E-state index contributed by atoms with van der Waals surface area (Å²) < 4.78 is 11.0. The zero-order valence-electron chi connectivity index (χ0n) is 16.5. The number of fused-ring (bicyclic) bond motifs is 1. The molecule has 0 spiro atoms. The normalized spacial score (nSPS) is 16.4. The molecular weight excluding hydrogens is 354 g/mol. The number of amides is 1. The third-order valence-corrected chi connectivity index (χ3v) is 5.29. The first-order chi connectivity index (χ1) is 13.7. The fourth-order valence-corrected chi connectivity index (χ4v) is 3.49. The quantitative estimate of drug-likeness (QED) is 0.834. The van der Waals surface area contributed by atoms with Gasteiger partial charge in [-0.2, -0.15) is 0 Å². The highest BCUT2D eigenvalue weighted by Gasteiger charge is 2.24. The Morgan fingerprint density at radius 3 is 3.00 bits per heavy atom. The maximum Gasteiger partial charge on any atom is 0.251 e. The maximum atomic E-state index is 12.4. The summed E-state index contributed by atoms with van der Waals surface area (Å²) in [6, 6.07) is 8.35. The van der Waals surface area contributed by atoms with Gasteiger partial charge in [0.1, 0.15) is 5.82 Å². The first-order valence-corrected chi connectivity index (χ1v) is 9.88. The number of ether oxygens (including phenoxy) is 2. The van der Waals surface area contributed by atoms with Crippen LogP contribution in [0.4, 0.5) is 5.82 Å². The monoisotopic (exact) mass is 381 g/mol. The van der Waals surface area contributed by atoms with Gasteiger partial charge in [0.25, 0.3) is 5.91 Å². The van der Waals surface area contributed by atoms with Crippen molar-refractivity contribution in [1.29, 1.82) is 0 Å². The minimum atomic E-state index is 0.000503. The lowest BCUT2D eigenvalue weighted by Gasteiger charge is -2.23. The lowest BCUT2D eigenvalue weighted by Crippen LogP contribution is -2.30. The number of nitrogens with zero attached hydrogens (tertiary/aromatic N) is 2. The topological polar surface area (TPSA) is 63.7 Å². The molecule has 6 nitrogen and oxygen atoms in total. The number of aryl methyl sites for hydroxylation is 1. The first-order valence-electron chi connectivity index (χ1n) is 9.88. The van der Waals surface area contributed by atoms with Gasteiger partial charge in [0, 0.05) is 49.1 Å². The van der Waals surface area contributed by atoms with Gasteiger partial charge >= 0.3 is 0 Å². The van der Waals surface area contributed by atoms with Gasteiger partial charge in [-0.15, -0.1) is 0 Å². The summed E-state index contributed by atoms with van der Waals surface area (Å²) in [6.45, 7) is 5.52. The van der Waals surface area contributed by atoms with Crippen molar-refractivity contribution in [1.82, 2.24) is 10.3 Å². The minimum absolute atomic E-state index is 0.000503. The molecule has 2 heterocycles. The van der Waals surface area contributed by atoms with Gasteiger partial charge in [0.05, 0.1) is 19.8 Å². The number of methoxy groups -OCH3 is 1. The van der Waals surface area contributed by atoms with Crippen molar-refractivity contribution in [2.24, 2.45) is 0 Å². The van der Waals surface area contributed by atoms with E-state index in [1.165, 1.54) is 0 Å². The predicted octanol–water partition coefficient (Wildman–Crippen LogP) is 2.93. The molecule has 1 aromatic heterocycles. The van der Waals surface area contributed by atoms with Crippen LogP contribution in [0.15, 0.2) is 30.5 Å². The Balaban J connectivity index is 1.64. The van der Waals surface area contributed by atoms with Crippen LogP contribution in [0, 0.1) is 6.92 Å². The number of rotatable bonds is 6. The Kier molecular flexibility index (Phi) is 5.59. The van der Waals surface area contributed by atoms with Gasteiger partial charge < -0.3 is 19.7 Å². The third-order valence-electron chi connectivity index (χ3n) is 5.29. The molecule has 0 atom stereocenters. The predicted molar refractivity (Wildman–Crippen MR) is 109 cm³/mol. The zero-order chi connectivity index (χ0) is 19.5. The van der Waals surface area contributed by atoms with Crippen LogP contribution in [0.2, 0.25) is 0 Å². The lowest BCUT2D eigenvalue weighted by atomic mass is 9.98. The molecule has 148 valence electrons. The average molecular weight is 381 g/mol. The second-order valence-electron chi connectivity index (χ2n) is 7.52. The summed E-state index contributed by atoms with van der Waals surface area (Å²) >= 11 is 0. The molecule has 0 saturated heterocycles. The Morgan fingerprint density at radius 1 is 1.36 bits per heavy atom. The molecule has 1 aliphatic carbocycles. The third kappa shape index (κ3) is 4.18. The van der Waals surface area contributed by atoms with Crippen LogP contribution < -0.4 is 10.2 Å². The second kappa shape index (κ2) is 8.29. The molecular formula is C22H27N3O3. The second-order valence-corrected chi connectivity index (χ2v) is 7.52. The van der Waals surface area contributed by atoms with E-state index >= 15 is 0 Å². The van der Waals surface area contributed by atoms with Crippen molar-refractivity contribution in [3.05, 3.63) is 47.2 Å².